The van der Waals surface area contributed by atoms with Crippen LogP contribution in [0.2, 0.25) is 0 Å². The summed E-state index contributed by atoms with van der Waals surface area (Å²) in [6.07, 6.45) is 0. The van der Waals surface area contributed by atoms with E-state index in [9.17, 15) is 13.0 Å². The first-order chi connectivity index (χ1) is 6.39. The van der Waals surface area contributed by atoms with Crippen LogP contribution < -0.4 is 0 Å². The van der Waals surface area contributed by atoms with Crippen LogP contribution in [0.5, 0.6) is 0 Å². The molecule has 0 aliphatic carbocycles. The first-order valence-corrected chi connectivity index (χ1v) is 7.36. The Hall–Kier alpha value is 0.0600. The smallest absolute Gasteiger partial charge is 0.311 e. The fourth-order valence-corrected chi connectivity index (χ4v) is 4.17. The van der Waals surface area contributed by atoms with E-state index in [1.165, 1.54) is 6.92 Å². The number of rotatable bonds is 7. The summed E-state index contributed by atoms with van der Waals surface area (Å²) < 4.78 is 47.5. The van der Waals surface area contributed by atoms with Crippen molar-refractivity contribution in [1.82, 2.24) is 0 Å². The number of hydrogen-bond donors (Lipinski definition) is 0. The summed E-state index contributed by atoms with van der Waals surface area (Å²) in [4.78, 5) is 0. The second kappa shape index (κ2) is 5.82. The van der Waals surface area contributed by atoms with E-state index in [0.29, 0.717) is 0 Å². The van der Waals surface area contributed by atoms with Gasteiger partial charge in [-0.2, -0.15) is 8.42 Å². The molecule has 0 spiro atoms. The second-order valence-corrected chi connectivity index (χ2v) is 6.53. The Balaban J connectivity index is 4.54. The molecule has 0 fully saturated rings. The fourth-order valence-electron chi connectivity index (χ4n) is 0.750. The summed E-state index contributed by atoms with van der Waals surface area (Å²) in [5, 5.41) is 0. The Morgan fingerprint density at radius 2 is 1.79 bits per heavy atom. The van der Waals surface area contributed by atoms with E-state index in [0.717, 1.165) is 7.11 Å². The van der Waals surface area contributed by atoms with Crippen molar-refractivity contribution < 1.29 is 26.2 Å². The minimum Gasteiger partial charge on any atom is -0.311 e. The molecule has 0 amide bonds. The van der Waals surface area contributed by atoms with Gasteiger partial charge in [0.25, 0.3) is 10.1 Å². The number of hydrogen-bond acceptors (Lipinski definition) is 6. The van der Waals surface area contributed by atoms with Crippen molar-refractivity contribution in [3.05, 3.63) is 0 Å². The van der Waals surface area contributed by atoms with E-state index < -0.39 is 23.2 Å². The molecular weight excluding hydrogens is 231 g/mol. The summed E-state index contributed by atoms with van der Waals surface area (Å²) in [7, 11) is -6.26. The summed E-state index contributed by atoms with van der Waals surface area (Å²) in [5.41, 5.74) is -0.752. The van der Waals surface area contributed by atoms with E-state index in [4.69, 9.17) is 4.52 Å². The van der Waals surface area contributed by atoms with Gasteiger partial charge in [-0.25, -0.2) is 0 Å². The normalized spacial score (nSPS) is 16.5. The Kier molecular flexibility index (Phi) is 5.85. The van der Waals surface area contributed by atoms with E-state index >= 15 is 0 Å². The lowest BCUT2D eigenvalue weighted by atomic mass is 10.9. The molecule has 8 heteroatoms. The lowest BCUT2D eigenvalue weighted by Gasteiger charge is -2.14. The van der Waals surface area contributed by atoms with Crippen LogP contribution in [0, 0.1) is 0 Å². The third-order valence-corrected chi connectivity index (χ3v) is 5.55. The molecule has 0 heterocycles. The fraction of sp³-hybridized carbons (Fsp3) is 1.00. The molecule has 0 rings (SSSR count). The first kappa shape index (κ1) is 14.1. The molecule has 0 aromatic rings. The van der Waals surface area contributed by atoms with Gasteiger partial charge in [0.05, 0.1) is 13.2 Å². The van der Waals surface area contributed by atoms with E-state index in [-0.39, 0.29) is 13.2 Å². The Morgan fingerprint density at radius 1 is 1.21 bits per heavy atom. The molecule has 0 aromatic heterocycles. The Labute approximate surface area is 84.2 Å². The van der Waals surface area contributed by atoms with Crippen LogP contribution in [0.25, 0.3) is 0 Å². The molecule has 0 bridgehead atoms. The lowest BCUT2D eigenvalue weighted by molar-refractivity contribution is 0.246. The molecule has 0 radical (unpaired) electrons. The quantitative estimate of drug-likeness (QED) is 0.496. The largest absolute Gasteiger partial charge is 0.347 e. The van der Waals surface area contributed by atoms with Crippen molar-refractivity contribution in [2.24, 2.45) is 0 Å². The van der Waals surface area contributed by atoms with Gasteiger partial charge in [0.2, 0.25) is 0 Å². The van der Waals surface area contributed by atoms with Gasteiger partial charge in [-0.05, 0) is 13.8 Å². The molecule has 0 aromatic carbocycles. The molecule has 0 aliphatic rings. The SMILES string of the molecule is CCOP(=O)(CS(=O)(=O)OCC)OC. The van der Waals surface area contributed by atoms with E-state index in [1.807, 2.05) is 0 Å². The minimum absolute atomic E-state index is 0.00181. The molecule has 1 unspecified atom stereocenters. The van der Waals surface area contributed by atoms with Crippen LogP contribution in [-0.2, 0) is 27.9 Å². The van der Waals surface area contributed by atoms with Gasteiger partial charge in [-0.15, -0.1) is 0 Å². The van der Waals surface area contributed by atoms with Gasteiger partial charge in [0, 0.05) is 7.11 Å². The maximum atomic E-state index is 11.6. The summed E-state index contributed by atoms with van der Waals surface area (Å²) >= 11 is 0. The van der Waals surface area contributed by atoms with Crippen molar-refractivity contribution in [2.75, 3.05) is 25.8 Å². The van der Waals surface area contributed by atoms with Crippen LogP contribution in [0.3, 0.4) is 0 Å². The lowest BCUT2D eigenvalue weighted by Crippen LogP contribution is -2.12. The molecule has 86 valence electrons. The van der Waals surface area contributed by atoms with Gasteiger partial charge < -0.3 is 9.05 Å². The highest BCUT2D eigenvalue weighted by Crippen LogP contribution is 2.48. The third kappa shape index (κ3) is 5.07. The molecule has 0 saturated carbocycles. The highest BCUT2D eigenvalue weighted by Gasteiger charge is 2.31. The van der Waals surface area contributed by atoms with Crippen LogP contribution >= 0.6 is 7.60 Å². The van der Waals surface area contributed by atoms with Crippen molar-refractivity contribution in [1.29, 1.82) is 0 Å². The predicted molar refractivity (Wildman–Crippen MR) is 51.7 cm³/mol. The maximum Gasteiger partial charge on any atom is 0.347 e. The zero-order chi connectivity index (χ0) is 11.2. The van der Waals surface area contributed by atoms with Crippen LogP contribution in [0.1, 0.15) is 13.8 Å². The maximum absolute atomic E-state index is 11.6. The monoisotopic (exact) mass is 246 g/mol. The summed E-state index contributed by atoms with van der Waals surface area (Å²) in [6, 6.07) is 0. The van der Waals surface area contributed by atoms with Crippen molar-refractivity contribution in [2.45, 2.75) is 13.8 Å². The average Bonchev–Trinajstić information content (AvgIpc) is 2.03. The van der Waals surface area contributed by atoms with Crippen molar-refractivity contribution >= 4 is 17.7 Å². The molecule has 0 N–H and O–H groups in total. The molecule has 1 atom stereocenters. The van der Waals surface area contributed by atoms with Gasteiger partial charge in [0.1, 0.15) is 0 Å². The zero-order valence-corrected chi connectivity index (χ0v) is 10.1. The van der Waals surface area contributed by atoms with Crippen LogP contribution in [0.4, 0.5) is 0 Å². The molecule has 14 heavy (non-hydrogen) atoms. The third-order valence-electron chi connectivity index (χ3n) is 1.22. The summed E-state index contributed by atoms with van der Waals surface area (Å²) in [5.74, 6) is 0. The second-order valence-electron chi connectivity index (χ2n) is 2.30. The molecule has 0 aliphatic heterocycles. The Bertz CT molecular complexity index is 297. The highest BCUT2D eigenvalue weighted by atomic mass is 32.2. The van der Waals surface area contributed by atoms with E-state index in [1.54, 1.807) is 6.92 Å². The topological polar surface area (TPSA) is 78.9 Å². The molecular formula is C6H15O6PS. The summed E-state index contributed by atoms with van der Waals surface area (Å²) in [6.45, 7) is 3.24. The van der Waals surface area contributed by atoms with E-state index in [2.05, 4.69) is 8.71 Å². The standard InChI is InChI=1S/C6H15O6PS/c1-4-11-13(7,10-3)6-14(8,9)12-5-2/h4-6H2,1-3H3. The molecule has 6 nitrogen and oxygen atoms in total. The van der Waals surface area contributed by atoms with Crippen LogP contribution in [0.15, 0.2) is 0 Å². The zero-order valence-electron chi connectivity index (χ0n) is 8.43. The highest BCUT2D eigenvalue weighted by molar-refractivity contribution is 7.93. The molecule has 0 saturated heterocycles. The van der Waals surface area contributed by atoms with Gasteiger partial charge >= 0.3 is 7.60 Å². The van der Waals surface area contributed by atoms with Crippen molar-refractivity contribution in [3.8, 4) is 0 Å². The minimum atomic E-state index is -3.84. The Morgan fingerprint density at radius 3 is 2.14 bits per heavy atom. The first-order valence-electron chi connectivity index (χ1n) is 4.05. The van der Waals surface area contributed by atoms with Crippen LogP contribution in [-0.4, -0.2) is 34.2 Å². The van der Waals surface area contributed by atoms with Gasteiger partial charge in [-0.1, -0.05) is 0 Å². The average molecular weight is 246 g/mol. The predicted octanol–water partition coefficient (Wildman–Crippen LogP) is 1.19. The van der Waals surface area contributed by atoms with Crippen molar-refractivity contribution in [3.63, 3.8) is 0 Å². The van der Waals surface area contributed by atoms with Gasteiger partial charge in [0.15, 0.2) is 5.49 Å². The van der Waals surface area contributed by atoms with Gasteiger partial charge in [-0.3, -0.25) is 8.75 Å².